The summed E-state index contributed by atoms with van der Waals surface area (Å²) in [5.41, 5.74) is 7.29. The van der Waals surface area contributed by atoms with Crippen LogP contribution in [0.25, 0.3) is 0 Å². The Bertz CT molecular complexity index is 265. The first kappa shape index (κ1) is 10.3. The summed E-state index contributed by atoms with van der Waals surface area (Å²) in [5.74, 6) is 0.873. The Balaban J connectivity index is 2.79. The molecule has 0 aliphatic heterocycles. The van der Waals surface area contributed by atoms with Gasteiger partial charge in [0, 0.05) is 30.9 Å². The van der Waals surface area contributed by atoms with Gasteiger partial charge in [0.05, 0.1) is 6.33 Å². The van der Waals surface area contributed by atoms with Gasteiger partial charge in [0.25, 0.3) is 0 Å². The van der Waals surface area contributed by atoms with E-state index < -0.39 is 0 Å². The van der Waals surface area contributed by atoms with Gasteiger partial charge in [0.15, 0.2) is 0 Å². The van der Waals surface area contributed by atoms with E-state index >= 15 is 0 Å². The molecule has 3 nitrogen and oxygen atoms in total. The molecule has 74 valence electrons. The van der Waals surface area contributed by atoms with Crippen LogP contribution < -0.4 is 5.73 Å². The lowest BCUT2D eigenvalue weighted by Crippen LogP contribution is -2.32. The van der Waals surface area contributed by atoms with Crippen LogP contribution in [0.5, 0.6) is 0 Å². The summed E-state index contributed by atoms with van der Waals surface area (Å²) in [6.45, 7) is 6.46. The Morgan fingerprint density at radius 2 is 2.00 bits per heavy atom. The molecule has 2 atom stereocenters. The molecule has 1 heterocycles. The highest BCUT2D eigenvalue weighted by molar-refractivity contribution is 5.07. The number of nitrogens with zero attached hydrogens (tertiary/aromatic N) is 2. The highest BCUT2D eigenvalue weighted by Gasteiger charge is 2.19. The van der Waals surface area contributed by atoms with Crippen molar-refractivity contribution in [3.63, 3.8) is 0 Å². The van der Waals surface area contributed by atoms with Crippen molar-refractivity contribution in [2.24, 2.45) is 18.7 Å². The molecule has 13 heavy (non-hydrogen) atoms. The molecule has 1 aromatic rings. The van der Waals surface area contributed by atoms with Crippen LogP contribution >= 0.6 is 0 Å². The first-order valence-electron chi connectivity index (χ1n) is 4.75. The summed E-state index contributed by atoms with van der Waals surface area (Å²) in [5, 5.41) is 0. The van der Waals surface area contributed by atoms with Gasteiger partial charge in [0.2, 0.25) is 0 Å². The van der Waals surface area contributed by atoms with Gasteiger partial charge in [-0.25, -0.2) is 4.98 Å². The van der Waals surface area contributed by atoms with Crippen molar-refractivity contribution in [3.8, 4) is 0 Å². The molecule has 0 aromatic carbocycles. The van der Waals surface area contributed by atoms with Crippen molar-refractivity contribution in [2.45, 2.75) is 32.7 Å². The SMILES string of the molecule is CC(C)C(N)C(C)c1cncn1C. The summed E-state index contributed by atoms with van der Waals surface area (Å²) in [4.78, 5) is 4.09. The zero-order valence-corrected chi connectivity index (χ0v) is 8.86. The lowest BCUT2D eigenvalue weighted by molar-refractivity contribution is 0.423. The third-order valence-corrected chi connectivity index (χ3v) is 2.67. The van der Waals surface area contributed by atoms with E-state index in [1.54, 1.807) is 0 Å². The fourth-order valence-corrected chi connectivity index (χ4v) is 1.58. The van der Waals surface area contributed by atoms with Crippen LogP contribution in [0.15, 0.2) is 12.5 Å². The van der Waals surface area contributed by atoms with Gasteiger partial charge in [-0.15, -0.1) is 0 Å². The molecule has 0 amide bonds. The minimum absolute atomic E-state index is 0.204. The monoisotopic (exact) mass is 181 g/mol. The van der Waals surface area contributed by atoms with E-state index in [2.05, 4.69) is 25.8 Å². The summed E-state index contributed by atoms with van der Waals surface area (Å²) < 4.78 is 2.03. The van der Waals surface area contributed by atoms with E-state index in [0.717, 1.165) is 0 Å². The summed E-state index contributed by atoms with van der Waals surface area (Å²) in [7, 11) is 2.01. The summed E-state index contributed by atoms with van der Waals surface area (Å²) in [6.07, 6.45) is 3.71. The molecule has 3 heteroatoms. The van der Waals surface area contributed by atoms with Gasteiger partial charge < -0.3 is 10.3 Å². The van der Waals surface area contributed by atoms with Gasteiger partial charge in [-0.3, -0.25) is 0 Å². The van der Waals surface area contributed by atoms with Gasteiger partial charge in [-0.1, -0.05) is 20.8 Å². The number of nitrogens with two attached hydrogens (primary N) is 1. The smallest absolute Gasteiger partial charge is 0.0945 e. The average Bonchev–Trinajstić information content (AvgIpc) is 2.48. The highest BCUT2D eigenvalue weighted by atomic mass is 15.0. The molecule has 0 spiro atoms. The van der Waals surface area contributed by atoms with Gasteiger partial charge >= 0.3 is 0 Å². The van der Waals surface area contributed by atoms with Gasteiger partial charge in [0.1, 0.15) is 0 Å². The number of hydrogen-bond donors (Lipinski definition) is 1. The normalized spacial score (nSPS) is 16.2. The molecule has 0 saturated heterocycles. The van der Waals surface area contributed by atoms with Crippen molar-refractivity contribution in [2.75, 3.05) is 0 Å². The fraction of sp³-hybridized carbons (Fsp3) is 0.700. The van der Waals surface area contributed by atoms with Crippen molar-refractivity contribution >= 4 is 0 Å². The molecule has 2 unspecified atom stereocenters. The summed E-state index contributed by atoms with van der Waals surface area (Å²) >= 11 is 0. The number of rotatable bonds is 3. The molecule has 1 aromatic heterocycles. The van der Waals surface area contributed by atoms with E-state index in [4.69, 9.17) is 5.73 Å². The standard InChI is InChI=1S/C10H19N3/c1-7(2)10(11)8(3)9-5-12-6-13(9)4/h5-8,10H,11H2,1-4H3. The number of hydrogen-bond acceptors (Lipinski definition) is 2. The van der Waals surface area contributed by atoms with Crippen LogP contribution in [0.4, 0.5) is 0 Å². The Morgan fingerprint density at radius 1 is 1.38 bits per heavy atom. The first-order chi connectivity index (χ1) is 6.04. The topological polar surface area (TPSA) is 43.8 Å². The number of aryl methyl sites for hydroxylation is 1. The van der Waals surface area contributed by atoms with Crippen LogP contribution in [0.2, 0.25) is 0 Å². The Morgan fingerprint density at radius 3 is 2.38 bits per heavy atom. The van der Waals surface area contributed by atoms with Crippen molar-refractivity contribution in [1.29, 1.82) is 0 Å². The molecule has 2 N–H and O–H groups in total. The predicted octanol–water partition coefficient (Wildman–Crippen LogP) is 1.51. The van der Waals surface area contributed by atoms with E-state index in [0.29, 0.717) is 11.8 Å². The van der Waals surface area contributed by atoms with Gasteiger partial charge in [-0.05, 0) is 5.92 Å². The maximum Gasteiger partial charge on any atom is 0.0945 e. The number of imidazole rings is 1. The molecule has 0 aliphatic rings. The lowest BCUT2D eigenvalue weighted by atomic mass is 9.90. The second kappa shape index (κ2) is 3.92. The Hall–Kier alpha value is -0.830. The second-order valence-electron chi connectivity index (χ2n) is 4.04. The molecule has 0 bridgehead atoms. The lowest BCUT2D eigenvalue weighted by Gasteiger charge is -2.23. The number of aromatic nitrogens is 2. The molecule has 1 rings (SSSR count). The van der Waals surface area contributed by atoms with Crippen LogP contribution in [0, 0.1) is 5.92 Å². The molecule has 0 saturated carbocycles. The van der Waals surface area contributed by atoms with E-state index in [9.17, 15) is 0 Å². The first-order valence-corrected chi connectivity index (χ1v) is 4.75. The molecular formula is C10H19N3. The van der Waals surface area contributed by atoms with Crippen LogP contribution in [-0.4, -0.2) is 15.6 Å². The minimum atomic E-state index is 0.204. The molecule has 0 fully saturated rings. The largest absolute Gasteiger partial charge is 0.337 e. The van der Waals surface area contributed by atoms with Crippen molar-refractivity contribution in [1.82, 2.24) is 9.55 Å². The quantitative estimate of drug-likeness (QED) is 0.768. The van der Waals surface area contributed by atoms with Crippen LogP contribution in [-0.2, 0) is 7.05 Å². The maximum atomic E-state index is 6.08. The van der Waals surface area contributed by atoms with Crippen molar-refractivity contribution in [3.05, 3.63) is 18.2 Å². The third kappa shape index (κ3) is 2.10. The Kier molecular flexibility index (Phi) is 3.09. The molecule has 0 radical (unpaired) electrons. The minimum Gasteiger partial charge on any atom is -0.337 e. The van der Waals surface area contributed by atoms with E-state index in [-0.39, 0.29) is 6.04 Å². The Labute approximate surface area is 80.0 Å². The second-order valence-corrected chi connectivity index (χ2v) is 4.04. The maximum absolute atomic E-state index is 6.08. The van der Waals surface area contributed by atoms with Crippen LogP contribution in [0.3, 0.4) is 0 Å². The molecular weight excluding hydrogens is 162 g/mol. The molecule has 0 aliphatic carbocycles. The highest BCUT2D eigenvalue weighted by Crippen LogP contribution is 2.21. The van der Waals surface area contributed by atoms with E-state index in [1.807, 2.05) is 24.1 Å². The van der Waals surface area contributed by atoms with Crippen molar-refractivity contribution < 1.29 is 0 Å². The zero-order valence-electron chi connectivity index (χ0n) is 8.86. The predicted molar refractivity (Wildman–Crippen MR) is 54.4 cm³/mol. The summed E-state index contributed by atoms with van der Waals surface area (Å²) in [6, 6.07) is 0.204. The third-order valence-electron chi connectivity index (χ3n) is 2.67. The van der Waals surface area contributed by atoms with Gasteiger partial charge in [-0.2, -0.15) is 0 Å². The zero-order chi connectivity index (χ0) is 10.0. The average molecular weight is 181 g/mol. The van der Waals surface area contributed by atoms with Crippen LogP contribution in [0.1, 0.15) is 32.4 Å². The fourth-order valence-electron chi connectivity index (χ4n) is 1.58. The van der Waals surface area contributed by atoms with E-state index in [1.165, 1.54) is 5.69 Å².